The van der Waals surface area contributed by atoms with E-state index in [2.05, 4.69) is 44.9 Å². The number of nitrogens with zero attached hydrogens (tertiary/aromatic N) is 1. The molecule has 1 saturated heterocycles. The maximum atomic E-state index is 6.25. The molecule has 0 saturated carbocycles. The summed E-state index contributed by atoms with van der Waals surface area (Å²) < 4.78 is 6.25. The van der Waals surface area contributed by atoms with E-state index < -0.39 is 0 Å². The van der Waals surface area contributed by atoms with Crippen LogP contribution in [-0.4, -0.2) is 22.7 Å². The van der Waals surface area contributed by atoms with Crippen molar-refractivity contribution >= 4 is 11.3 Å². The number of aromatic nitrogens is 1. The number of hydrogen-bond donors (Lipinski definition) is 1. The van der Waals surface area contributed by atoms with E-state index >= 15 is 0 Å². The van der Waals surface area contributed by atoms with Gasteiger partial charge in [-0.1, -0.05) is 6.92 Å². The SMILES string of the molecule is CCCNC(c1cncs1)C1CC(C)(C)OC1(C)C. The molecule has 0 bridgehead atoms. The summed E-state index contributed by atoms with van der Waals surface area (Å²) in [4.78, 5) is 5.57. The number of thiazole rings is 1. The summed E-state index contributed by atoms with van der Waals surface area (Å²) in [5, 5.41) is 3.70. The Morgan fingerprint density at radius 3 is 2.68 bits per heavy atom. The van der Waals surface area contributed by atoms with Crippen molar-refractivity contribution in [3.63, 3.8) is 0 Å². The molecular weight excluding hydrogens is 256 g/mol. The molecular formula is C15H26N2OS. The van der Waals surface area contributed by atoms with Gasteiger partial charge in [0.2, 0.25) is 0 Å². The number of nitrogens with one attached hydrogen (secondary N) is 1. The quantitative estimate of drug-likeness (QED) is 0.892. The molecule has 2 rings (SSSR count). The van der Waals surface area contributed by atoms with Gasteiger partial charge in [0.05, 0.1) is 16.7 Å². The van der Waals surface area contributed by atoms with Crippen molar-refractivity contribution in [2.75, 3.05) is 6.54 Å². The summed E-state index contributed by atoms with van der Waals surface area (Å²) in [6.07, 6.45) is 4.23. The topological polar surface area (TPSA) is 34.2 Å². The minimum Gasteiger partial charge on any atom is -0.369 e. The van der Waals surface area contributed by atoms with E-state index in [4.69, 9.17) is 4.74 Å². The van der Waals surface area contributed by atoms with Crippen molar-refractivity contribution < 1.29 is 4.74 Å². The van der Waals surface area contributed by atoms with Crippen molar-refractivity contribution in [3.05, 3.63) is 16.6 Å². The van der Waals surface area contributed by atoms with Crippen LogP contribution in [-0.2, 0) is 4.74 Å². The van der Waals surface area contributed by atoms with E-state index in [-0.39, 0.29) is 11.2 Å². The molecule has 2 unspecified atom stereocenters. The van der Waals surface area contributed by atoms with Crippen LogP contribution in [0.2, 0.25) is 0 Å². The molecule has 0 spiro atoms. The summed E-state index contributed by atoms with van der Waals surface area (Å²) in [6.45, 7) is 12.1. The van der Waals surface area contributed by atoms with Crippen LogP contribution in [0.25, 0.3) is 0 Å². The average molecular weight is 282 g/mol. The Morgan fingerprint density at radius 2 is 2.21 bits per heavy atom. The van der Waals surface area contributed by atoms with Crippen LogP contribution in [0.5, 0.6) is 0 Å². The van der Waals surface area contributed by atoms with Gasteiger partial charge in [-0.3, -0.25) is 4.98 Å². The van der Waals surface area contributed by atoms with Gasteiger partial charge in [-0.25, -0.2) is 0 Å². The van der Waals surface area contributed by atoms with Crippen molar-refractivity contribution in [1.29, 1.82) is 0 Å². The molecule has 0 aromatic carbocycles. The summed E-state index contributed by atoms with van der Waals surface area (Å²) >= 11 is 1.74. The minimum atomic E-state index is -0.0983. The third-order valence-corrected chi connectivity index (χ3v) is 4.78. The van der Waals surface area contributed by atoms with Crippen LogP contribution in [0.15, 0.2) is 11.7 Å². The van der Waals surface area contributed by atoms with Gasteiger partial charge < -0.3 is 10.1 Å². The van der Waals surface area contributed by atoms with E-state index in [1.165, 1.54) is 4.88 Å². The molecule has 3 nitrogen and oxygen atoms in total. The Hall–Kier alpha value is -0.450. The van der Waals surface area contributed by atoms with Crippen LogP contribution in [0.1, 0.15) is 58.4 Å². The van der Waals surface area contributed by atoms with E-state index in [0.29, 0.717) is 12.0 Å². The van der Waals surface area contributed by atoms with Gasteiger partial charge >= 0.3 is 0 Å². The lowest BCUT2D eigenvalue weighted by molar-refractivity contribution is -0.0777. The van der Waals surface area contributed by atoms with Gasteiger partial charge in [0.25, 0.3) is 0 Å². The van der Waals surface area contributed by atoms with Gasteiger partial charge in [0.1, 0.15) is 0 Å². The normalized spacial score (nSPS) is 26.5. The maximum Gasteiger partial charge on any atom is 0.0794 e. The zero-order valence-electron chi connectivity index (χ0n) is 12.7. The van der Waals surface area contributed by atoms with Crippen molar-refractivity contribution in [2.45, 2.75) is 64.7 Å². The zero-order valence-corrected chi connectivity index (χ0v) is 13.5. The van der Waals surface area contributed by atoms with E-state index in [0.717, 1.165) is 19.4 Å². The molecule has 1 N–H and O–H groups in total. The molecule has 1 aliphatic rings. The van der Waals surface area contributed by atoms with Crippen LogP contribution in [0.4, 0.5) is 0 Å². The van der Waals surface area contributed by atoms with E-state index in [1.54, 1.807) is 11.3 Å². The summed E-state index contributed by atoms with van der Waals surface area (Å²) in [5.41, 5.74) is 1.79. The molecule has 1 aliphatic heterocycles. The molecule has 0 aliphatic carbocycles. The lowest BCUT2D eigenvalue weighted by Crippen LogP contribution is -2.38. The third kappa shape index (κ3) is 3.36. The first kappa shape index (κ1) is 14.9. The Balaban J connectivity index is 2.23. The Bertz CT molecular complexity index is 400. The van der Waals surface area contributed by atoms with Crippen LogP contribution < -0.4 is 5.32 Å². The molecule has 1 aromatic rings. The highest BCUT2D eigenvalue weighted by Crippen LogP contribution is 2.48. The molecule has 0 amide bonds. The summed E-state index contributed by atoms with van der Waals surface area (Å²) in [7, 11) is 0. The molecule has 4 heteroatoms. The van der Waals surface area contributed by atoms with Crippen LogP contribution >= 0.6 is 11.3 Å². The van der Waals surface area contributed by atoms with Gasteiger partial charge in [-0.05, 0) is 47.1 Å². The highest BCUT2D eigenvalue weighted by Gasteiger charge is 2.49. The Kier molecular flexibility index (Phi) is 4.33. The lowest BCUT2D eigenvalue weighted by atomic mass is 9.81. The second-order valence-corrected chi connectivity index (χ2v) is 7.53. The van der Waals surface area contributed by atoms with Gasteiger partial charge in [-0.15, -0.1) is 11.3 Å². The molecule has 19 heavy (non-hydrogen) atoms. The fourth-order valence-corrected chi connectivity index (χ4v) is 4.00. The van der Waals surface area contributed by atoms with Gasteiger partial charge in [0, 0.05) is 23.0 Å². The maximum absolute atomic E-state index is 6.25. The molecule has 2 heterocycles. The third-order valence-electron chi connectivity index (χ3n) is 3.92. The van der Waals surface area contributed by atoms with Gasteiger partial charge in [0.15, 0.2) is 0 Å². The monoisotopic (exact) mass is 282 g/mol. The minimum absolute atomic E-state index is 0.0367. The molecule has 1 aromatic heterocycles. The number of hydrogen-bond acceptors (Lipinski definition) is 4. The van der Waals surface area contributed by atoms with Crippen molar-refractivity contribution in [1.82, 2.24) is 10.3 Å². The average Bonchev–Trinajstić information content (AvgIpc) is 2.86. The summed E-state index contributed by atoms with van der Waals surface area (Å²) in [5.74, 6) is 0.481. The first-order chi connectivity index (χ1) is 8.86. The first-order valence-corrected chi connectivity index (χ1v) is 8.05. The van der Waals surface area contributed by atoms with Crippen molar-refractivity contribution in [3.8, 4) is 0 Å². The fraction of sp³-hybridized carbons (Fsp3) is 0.800. The first-order valence-electron chi connectivity index (χ1n) is 7.17. The Morgan fingerprint density at radius 1 is 1.47 bits per heavy atom. The molecule has 2 atom stereocenters. The summed E-state index contributed by atoms with van der Waals surface area (Å²) in [6, 6.07) is 0.351. The second kappa shape index (κ2) is 5.51. The Labute approximate surface area is 120 Å². The highest BCUT2D eigenvalue weighted by molar-refractivity contribution is 7.09. The molecule has 1 fully saturated rings. The largest absolute Gasteiger partial charge is 0.369 e. The van der Waals surface area contributed by atoms with Crippen molar-refractivity contribution in [2.24, 2.45) is 5.92 Å². The van der Waals surface area contributed by atoms with E-state index in [1.807, 2.05) is 11.7 Å². The smallest absolute Gasteiger partial charge is 0.0794 e. The number of ether oxygens (including phenoxy) is 1. The molecule has 0 radical (unpaired) electrons. The fourth-order valence-electron chi connectivity index (χ4n) is 3.24. The zero-order chi connectivity index (χ0) is 14.1. The second-order valence-electron chi connectivity index (χ2n) is 6.61. The number of rotatable bonds is 5. The predicted molar refractivity (Wildman–Crippen MR) is 80.5 cm³/mol. The van der Waals surface area contributed by atoms with Gasteiger partial charge in [-0.2, -0.15) is 0 Å². The predicted octanol–water partition coefficient (Wildman–Crippen LogP) is 3.78. The van der Waals surface area contributed by atoms with Crippen LogP contribution in [0, 0.1) is 5.92 Å². The van der Waals surface area contributed by atoms with E-state index in [9.17, 15) is 0 Å². The van der Waals surface area contributed by atoms with Crippen LogP contribution in [0.3, 0.4) is 0 Å². The molecule has 108 valence electrons. The highest BCUT2D eigenvalue weighted by atomic mass is 32.1. The lowest BCUT2D eigenvalue weighted by Gasteiger charge is -2.33. The standard InChI is InChI=1S/C15H26N2OS/c1-6-7-17-13(12-9-16-10-19-12)11-8-14(2,3)18-15(11,4)5/h9-11,13,17H,6-8H2,1-5H3.